The first-order valence-electron chi connectivity index (χ1n) is 14.0. The summed E-state index contributed by atoms with van der Waals surface area (Å²) in [5.41, 5.74) is 1.24. The van der Waals surface area contributed by atoms with Crippen LogP contribution in [0.2, 0.25) is 0 Å². The number of hydrogen-bond acceptors (Lipinski definition) is 7. The van der Waals surface area contributed by atoms with Crippen molar-refractivity contribution in [3.05, 3.63) is 76.6 Å². The summed E-state index contributed by atoms with van der Waals surface area (Å²) < 4.78 is 67.3. The van der Waals surface area contributed by atoms with Crippen LogP contribution < -0.4 is 0 Å². The van der Waals surface area contributed by atoms with Gasteiger partial charge in [0, 0.05) is 35.0 Å². The topological polar surface area (TPSA) is 76.1 Å². The third-order valence-corrected chi connectivity index (χ3v) is 9.60. The highest BCUT2D eigenvalue weighted by atomic mass is 32.2. The summed E-state index contributed by atoms with van der Waals surface area (Å²) in [6.07, 6.45) is 1.35. The summed E-state index contributed by atoms with van der Waals surface area (Å²) in [4.78, 5) is 28.3. The molecule has 4 aliphatic rings. The Labute approximate surface area is 244 Å². The monoisotopic (exact) mass is 603 g/mol. The number of hydrogen-bond donors (Lipinski definition) is 1. The number of rotatable bonds is 3. The van der Waals surface area contributed by atoms with Crippen molar-refractivity contribution in [3.8, 4) is 0 Å². The van der Waals surface area contributed by atoms with E-state index < -0.39 is 35.4 Å². The Morgan fingerprint density at radius 1 is 0.952 bits per heavy atom. The van der Waals surface area contributed by atoms with E-state index in [0.29, 0.717) is 57.5 Å². The van der Waals surface area contributed by atoms with Crippen molar-refractivity contribution in [2.45, 2.75) is 72.9 Å². The molecule has 2 fully saturated rings. The zero-order chi connectivity index (χ0) is 29.6. The molecule has 0 unspecified atom stereocenters. The zero-order valence-corrected chi connectivity index (χ0v) is 23.4. The molecular formula is C31H29F4NO5S. The minimum Gasteiger partial charge on any atom is -0.405 e. The first-order chi connectivity index (χ1) is 20.0. The first-order valence-corrected chi connectivity index (χ1v) is 14.8. The molecule has 1 saturated heterocycles. The minimum absolute atomic E-state index is 0.0813. The van der Waals surface area contributed by atoms with E-state index >= 15 is 0 Å². The van der Waals surface area contributed by atoms with Crippen LogP contribution in [0.25, 0.3) is 5.57 Å². The van der Waals surface area contributed by atoms with Crippen molar-refractivity contribution in [1.29, 1.82) is 0 Å². The highest BCUT2D eigenvalue weighted by molar-refractivity contribution is 7.99. The van der Waals surface area contributed by atoms with E-state index in [4.69, 9.17) is 9.47 Å². The molecule has 0 bridgehead atoms. The lowest BCUT2D eigenvalue weighted by Gasteiger charge is -2.45. The molecule has 222 valence electrons. The molecule has 1 spiro atoms. The van der Waals surface area contributed by atoms with Crippen LogP contribution in [0.15, 0.2) is 63.9 Å². The third kappa shape index (κ3) is 5.74. The summed E-state index contributed by atoms with van der Waals surface area (Å²) in [6.45, 7) is 0.767. The third-order valence-electron chi connectivity index (χ3n) is 8.46. The summed E-state index contributed by atoms with van der Waals surface area (Å²) in [6, 6.07) is 7.65. The smallest absolute Gasteiger partial charge is 0.405 e. The SMILES string of the molecule is O=C1C=CC(=O)OC2(C/C(=C3/c4ccc(F)cc4Sc4ccc(C(F)(F)F)cc43)CCN2CCC2CCC(O)CC2)O1. The number of alkyl halides is 3. The predicted octanol–water partition coefficient (Wildman–Crippen LogP) is 6.46. The Kier molecular flexibility index (Phi) is 7.69. The summed E-state index contributed by atoms with van der Waals surface area (Å²) in [5, 5.41) is 9.88. The van der Waals surface area contributed by atoms with Gasteiger partial charge in [-0.2, -0.15) is 13.2 Å². The van der Waals surface area contributed by atoms with Gasteiger partial charge in [-0.05, 0) is 91.5 Å². The van der Waals surface area contributed by atoms with Crippen LogP contribution in [0.5, 0.6) is 0 Å². The number of fused-ring (bicyclic) bond motifs is 2. The van der Waals surface area contributed by atoms with Crippen LogP contribution >= 0.6 is 11.8 Å². The number of aliphatic hydroxyl groups excluding tert-OH is 1. The van der Waals surface area contributed by atoms with Gasteiger partial charge in [-0.1, -0.05) is 23.4 Å². The van der Waals surface area contributed by atoms with Gasteiger partial charge in [-0.3, -0.25) is 0 Å². The maximum absolute atomic E-state index is 14.3. The van der Waals surface area contributed by atoms with Crippen LogP contribution in [0.4, 0.5) is 17.6 Å². The van der Waals surface area contributed by atoms with Gasteiger partial charge in [0.25, 0.3) is 0 Å². The van der Waals surface area contributed by atoms with E-state index in [-0.39, 0.29) is 12.5 Å². The van der Waals surface area contributed by atoms with Gasteiger partial charge in [0.2, 0.25) is 0 Å². The molecule has 2 aromatic rings. The largest absolute Gasteiger partial charge is 0.416 e. The molecule has 3 heterocycles. The standard InChI is InChI=1S/C31H29F4NO5S/c32-21-4-7-23-26(16-21)42-25-8-3-20(31(33,34)35)15-24(25)29(23)19-12-14-36(13-11-18-1-5-22(37)6-2-18)30(17-19)40-27(38)9-10-28(39)41-30/h3-4,7-10,15-16,18,22,37H,1-2,5-6,11-14,17H2/b29-19-. The Morgan fingerprint density at radius 2 is 1.67 bits per heavy atom. The Hall–Kier alpha value is -3.15. The molecule has 1 N–H and O–H groups in total. The van der Waals surface area contributed by atoms with E-state index in [1.165, 1.54) is 30.0 Å². The maximum Gasteiger partial charge on any atom is 0.416 e. The number of benzene rings is 2. The van der Waals surface area contributed by atoms with Crippen molar-refractivity contribution >= 4 is 29.3 Å². The second-order valence-electron chi connectivity index (χ2n) is 11.2. The number of nitrogens with zero attached hydrogens (tertiary/aromatic N) is 1. The Morgan fingerprint density at radius 3 is 2.36 bits per heavy atom. The van der Waals surface area contributed by atoms with Crippen molar-refractivity contribution < 1.29 is 41.7 Å². The summed E-state index contributed by atoms with van der Waals surface area (Å²) in [5.74, 6) is -3.44. The molecule has 0 atom stereocenters. The molecular weight excluding hydrogens is 574 g/mol. The molecule has 6 nitrogen and oxygen atoms in total. The predicted molar refractivity (Wildman–Crippen MR) is 145 cm³/mol. The molecule has 0 radical (unpaired) electrons. The number of aliphatic hydroxyl groups is 1. The first kappa shape index (κ1) is 28.9. The van der Waals surface area contributed by atoms with Gasteiger partial charge in [-0.25, -0.2) is 18.9 Å². The van der Waals surface area contributed by atoms with Crippen LogP contribution in [0, 0.1) is 11.7 Å². The van der Waals surface area contributed by atoms with Gasteiger partial charge in [-0.15, -0.1) is 0 Å². The van der Waals surface area contributed by atoms with E-state index in [1.54, 1.807) is 6.07 Å². The molecule has 1 saturated carbocycles. The van der Waals surface area contributed by atoms with E-state index in [1.807, 2.05) is 4.90 Å². The number of ether oxygens (including phenoxy) is 2. The van der Waals surface area contributed by atoms with Crippen LogP contribution in [-0.2, 0) is 25.2 Å². The molecule has 0 aromatic heterocycles. The van der Waals surface area contributed by atoms with Gasteiger partial charge < -0.3 is 14.6 Å². The molecule has 3 aliphatic heterocycles. The van der Waals surface area contributed by atoms with Crippen LogP contribution in [0.1, 0.15) is 61.6 Å². The zero-order valence-electron chi connectivity index (χ0n) is 22.6. The number of carbonyl (C=O) groups excluding carboxylic acids is 2. The van der Waals surface area contributed by atoms with Crippen molar-refractivity contribution in [2.75, 3.05) is 13.1 Å². The molecule has 2 aromatic carbocycles. The van der Waals surface area contributed by atoms with E-state index in [2.05, 4.69) is 0 Å². The molecule has 1 aliphatic carbocycles. The maximum atomic E-state index is 14.3. The van der Waals surface area contributed by atoms with Crippen molar-refractivity contribution in [2.24, 2.45) is 5.92 Å². The Balaban J connectivity index is 1.42. The molecule has 0 amide bonds. The fraction of sp³-hybridized carbons (Fsp3) is 0.419. The average Bonchev–Trinajstić information content (AvgIpc) is 3.08. The summed E-state index contributed by atoms with van der Waals surface area (Å²) in [7, 11) is 0. The van der Waals surface area contributed by atoms with Crippen LogP contribution in [0.3, 0.4) is 0 Å². The molecule has 42 heavy (non-hydrogen) atoms. The van der Waals surface area contributed by atoms with Gasteiger partial charge in [0.15, 0.2) is 0 Å². The second kappa shape index (κ2) is 11.2. The highest BCUT2D eigenvalue weighted by Gasteiger charge is 2.49. The van der Waals surface area contributed by atoms with E-state index in [9.17, 15) is 32.3 Å². The lowest BCUT2D eigenvalue weighted by Crippen LogP contribution is -2.57. The fourth-order valence-electron chi connectivity index (χ4n) is 6.34. The number of carbonyl (C=O) groups is 2. The van der Waals surface area contributed by atoms with Crippen molar-refractivity contribution in [3.63, 3.8) is 0 Å². The second-order valence-corrected chi connectivity index (χ2v) is 12.3. The molecule has 6 rings (SSSR count). The average molecular weight is 604 g/mol. The normalized spacial score (nSPS) is 25.8. The lowest BCUT2D eigenvalue weighted by molar-refractivity contribution is -0.287. The van der Waals surface area contributed by atoms with Crippen LogP contribution in [-0.4, -0.2) is 47.0 Å². The number of likely N-dealkylation sites (tertiary alicyclic amines) is 1. The number of esters is 2. The Bertz CT molecular complexity index is 1460. The number of halogens is 4. The van der Waals surface area contributed by atoms with E-state index in [0.717, 1.165) is 56.4 Å². The van der Waals surface area contributed by atoms with Gasteiger partial charge in [0.05, 0.1) is 18.1 Å². The quantitative estimate of drug-likeness (QED) is 0.272. The van der Waals surface area contributed by atoms with Gasteiger partial charge in [0.1, 0.15) is 5.82 Å². The highest BCUT2D eigenvalue weighted by Crippen LogP contribution is 2.51. The minimum atomic E-state index is -4.57. The number of piperidine rings is 1. The summed E-state index contributed by atoms with van der Waals surface area (Å²) >= 11 is 1.19. The lowest BCUT2D eigenvalue weighted by atomic mass is 9.84. The molecule has 11 heteroatoms. The fourth-order valence-corrected chi connectivity index (χ4v) is 7.44. The van der Waals surface area contributed by atoms with Crippen molar-refractivity contribution in [1.82, 2.24) is 4.90 Å². The van der Waals surface area contributed by atoms with Gasteiger partial charge >= 0.3 is 24.0 Å².